The van der Waals surface area contributed by atoms with Gasteiger partial charge in [0.05, 0.1) is 28.2 Å². The molecule has 15 rings (SSSR count). The van der Waals surface area contributed by atoms with Crippen LogP contribution in [0.25, 0.3) is 75.5 Å². The van der Waals surface area contributed by atoms with Gasteiger partial charge in [0, 0.05) is 42.7 Å². The first-order valence-corrected chi connectivity index (χ1v) is 26.3. The molecule has 2 aliphatic rings. The average Bonchev–Trinajstić information content (AvgIpc) is 4.10. The van der Waals surface area contributed by atoms with Crippen molar-refractivity contribution in [3.8, 4) is 44.5 Å². The summed E-state index contributed by atoms with van der Waals surface area (Å²) in [5.41, 5.74) is 20.9. The zero-order valence-electron chi connectivity index (χ0n) is 40.4. The summed E-state index contributed by atoms with van der Waals surface area (Å²) in [6.07, 6.45) is 0. The molecule has 1 aliphatic heterocycles. The number of hydrogen-bond donors (Lipinski definition) is 0. The van der Waals surface area contributed by atoms with Crippen LogP contribution < -0.4 is 9.80 Å². The highest BCUT2D eigenvalue weighted by Crippen LogP contribution is 2.65. The van der Waals surface area contributed by atoms with E-state index in [1.807, 2.05) is 11.3 Å². The van der Waals surface area contributed by atoms with Gasteiger partial charge in [-0.2, -0.15) is 0 Å². The number of fused-ring (bicyclic) bond motifs is 13. The Bertz CT molecular complexity index is 4290. The van der Waals surface area contributed by atoms with Crippen LogP contribution in [0.4, 0.5) is 34.1 Å². The second-order valence-electron chi connectivity index (χ2n) is 19.5. The van der Waals surface area contributed by atoms with Crippen molar-refractivity contribution >= 4 is 76.4 Å². The molecule has 0 saturated heterocycles. The summed E-state index contributed by atoms with van der Waals surface area (Å²) in [6, 6.07) is 104. The van der Waals surface area contributed by atoms with Crippen molar-refractivity contribution in [1.82, 2.24) is 0 Å². The third-order valence-corrected chi connectivity index (χ3v) is 16.8. The lowest BCUT2D eigenvalue weighted by molar-refractivity contribution is 0.752. The fourth-order valence-corrected chi connectivity index (χ4v) is 13.7. The lowest BCUT2D eigenvalue weighted by Gasteiger charge is -2.45. The Morgan fingerprint density at radius 1 is 0.324 bits per heavy atom. The summed E-state index contributed by atoms with van der Waals surface area (Å²) < 4.78 is 2.62. The van der Waals surface area contributed by atoms with Gasteiger partial charge in [-0.05, 0) is 127 Å². The third kappa shape index (κ3) is 6.30. The van der Waals surface area contributed by atoms with Crippen LogP contribution in [-0.2, 0) is 5.41 Å². The minimum atomic E-state index is -0.609. The van der Waals surface area contributed by atoms with Gasteiger partial charge in [-0.15, -0.1) is 11.3 Å². The van der Waals surface area contributed by atoms with Crippen LogP contribution in [-0.4, -0.2) is 0 Å². The van der Waals surface area contributed by atoms with E-state index >= 15 is 0 Å². The van der Waals surface area contributed by atoms with E-state index in [0.29, 0.717) is 0 Å². The van der Waals surface area contributed by atoms with E-state index in [1.165, 1.54) is 104 Å². The molecule has 0 fully saturated rings. The van der Waals surface area contributed by atoms with Crippen LogP contribution in [0.15, 0.2) is 279 Å². The Morgan fingerprint density at radius 3 is 1.64 bits per heavy atom. The molecule has 0 atom stereocenters. The number of benzene rings is 12. The van der Waals surface area contributed by atoms with Crippen LogP contribution >= 0.6 is 11.3 Å². The van der Waals surface area contributed by atoms with Crippen molar-refractivity contribution in [1.29, 1.82) is 0 Å². The van der Waals surface area contributed by atoms with Gasteiger partial charge in [0.25, 0.3) is 0 Å². The predicted molar refractivity (Wildman–Crippen MR) is 313 cm³/mol. The standard InChI is InChI=1S/C71H46N2S/c1-2-22-50(23-3-1)73-65-36-15-12-32-61(65)71(62-33-13-16-37-66(62)73)60-31-11-8-29-59(60)70-63(71)34-19-38-67(70)72(51-43-40-47(41-44-51)49-42-45-58-57-28-10-17-39-68(57)74-69(58)46-49)64-35-14-9-27-56(64)55-26-7-6-25-54(55)53-30-18-21-48-20-4-5-24-52(48)53/h1-46H. The van der Waals surface area contributed by atoms with Gasteiger partial charge in [0.1, 0.15) is 0 Å². The topological polar surface area (TPSA) is 6.48 Å². The lowest BCUT2D eigenvalue weighted by Crippen LogP contribution is -2.36. The average molecular weight is 959 g/mol. The van der Waals surface area contributed by atoms with Gasteiger partial charge in [0.2, 0.25) is 0 Å². The number of hydrogen-bond acceptors (Lipinski definition) is 3. The Labute approximate surface area is 435 Å². The normalized spacial score (nSPS) is 12.9. The predicted octanol–water partition coefficient (Wildman–Crippen LogP) is 19.8. The molecule has 0 radical (unpaired) electrons. The van der Waals surface area contributed by atoms with E-state index in [1.54, 1.807) is 0 Å². The first-order chi connectivity index (χ1) is 36.7. The number of nitrogens with zero attached hydrogens (tertiary/aromatic N) is 2. The maximum Gasteiger partial charge on any atom is 0.0755 e. The lowest BCUT2D eigenvalue weighted by atomic mass is 9.64. The molecule has 0 amide bonds. The molecule has 0 saturated carbocycles. The molecular weight excluding hydrogens is 913 g/mol. The molecule has 346 valence electrons. The monoisotopic (exact) mass is 958 g/mol. The van der Waals surface area contributed by atoms with E-state index in [-0.39, 0.29) is 0 Å². The van der Waals surface area contributed by atoms with Gasteiger partial charge in [-0.3, -0.25) is 0 Å². The van der Waals surface area contributed by atoms with Crippen molar-refractivity contribution in [2.75, 3.05) is 9.80 Å². The minimum absolute atomic E-state index is 0.609. The van der Waals surface area contributed by atoms with Crippen LogP contribution in [0.3, 0.4) is 0 Å². The number of para-hydroxylation sites is 4. The van der Waals surface area contributed by atoms with Gasteiger partial charge >= 0.3 is 0 Å². The molecule has 12 aromatic carbocycles. The minimum Gasteiger partial charge on any atom is -0.310 e. The fourth-order valence-electron chi connectivity index (χ4n) is 12.6. The summed E-state index contributed by atoms with van der Waals surface area (Å²) in [5.74, 6) is 0. The van der Waals surface area contributed by atoms with Crippen molar-refractivity contribution in [3.63, 3.8) is 0 Å². The van der Waals surface area contributed by atoms with Crippen LogP contribution in [0.1, 0.15) is 22.3 Å². The molecule has 1 spiro atoms. The molecule has 2 nitrogen and oxygen atoms in total. The first-order valence-electron chi connectivity index (χ1n) is 25.5. The van der Waals surface area contributed by atoms with Gasteiger partial charge in [-0.25, -0.2) is 0 Å². The third-order valence-electron chi connectivity index (χ3n) is 15.7. The smallest absolute Gasteiger partial charge is 0.0755 e. The van der Waals surface area contributed by atoms with Crippen molar-refractivity contribution < 1.29 is 0 Å². The van der Waals surface area contributed by atoms with Crippen molar-refractivity contribution in [3.05, 3.63) is 301 Å². The van der Waals surface area contributed by atoms with Gasteiger partial charge in [-0.1, -0.05) is 218 Å². The quantitative estimate of drug-likeness (QED) is 0.157. The van der Waals surface area contributed by atoms with Crippen LogP contribution in [0, 0.1) is 0 Å². The summed E-state index contributed by atoms with van der Waals surface area (Å²) in [4.78, 5) is 5.00. The van der Waals surface area contributed by atoms with Gasteiger partial charge in [0.15, 0.2) is 0 Å². The number of thiophene rings is 1. The zero-order chi connectivity index (χ0) is 48.7. The summed E-state index contributed by atoms with van der Waals surface area (Å²) in [6.45, 7) is 0. The number of rotatable bonds is 7. The summed E-state index contributed by atoms with van der Waals surface area (Å²) in [5, 5.41) is 5.09. The zero-order valence-corrected chi connectivity index (χ0v) is 41.2. The fraction of sp³-hybridized carbons (Fsp3) is 0.0141. The second kappa shape index (κ2) is 16.9. The maximum absolute atomic E-state index is 2.54. The highest BCUT2D eigenvalue weighted by Gasteiger charge is 2.52. The molecule has 3 heteroatoms. The Balaban J connectivity index is 0.978. The molecule has 13 aromatic rings. The molecular formula is C71H46N2S. The largest absolute Gasteiger partial charge is 0.310 e. The Hall–Kier alpha value is -9.28. The van der Waals surface area contributed by atoms with Crippen LogP contribution in [0.5, 0.6) is 0 Å². The maximum atomic E-state index is 2.54. The van der Waals surface area contributed by atoms with E-state index in [2.05, 4.69) is 289 Å². The summed E-state index contributed by atoms with van der Waals surface area (Å²) in [7, 11) is 0. The highest BCUT2D eigenvalue weighted by molar-refractivity contribution is 7.25. The number of anilines is 6. The summed E-state index contributed by atoms with van der Waals surface area (Å²) >= 11 is 1.87. The van der Waals surface area contributed by atoms with E-state index in [0.717, 1.165) is 28.3 Å². The molecule has 0 bridgehead atoms. The first kappa shape index (κ1) is 42.4. The van der Waals surface area contributed by atoms with E-state index < -0.39 is 5.41 Å². The van der Waals surface area contributed by atoms with Crippen molar-refractivity contribution in [2.45, 2.75) is 5.41 Å². The highest BCUT2D eigenvalue weighted by atomic mass is 32.1. The Morgan fingerprint density at radius 2 is 0.851 bits per heavy atom. The molecule has 0 N–H and O–H groups in total. The molecule has 74 heavy (non-hydrogen) atoms. The van der Waals surface area contributed by atoms with Gasteiger partial charge < -0.3 is 9.80 Å². The second-order valence-corrected chi connectivity index (χ2v) is 20.6. The van der Waals surface area contributed by atoms with E-state index in [9.17, 15) is 0 Å². The van der Waals surface area contributed by atoms with Crippen molar-refractivity contribution in [2.24, 2.45) is 0 Å². The molecule has 1 aliphatic carbocycles. The Kier molecular flexibility index (Phi) is 9.70. The van der Waals surface area contributed by atoms with E-state index in [4.69, 9.17) is 0 Å². The molecule has 1 aromatic heterocycles. The molecule has 2 heterocycles. The SMILES string of the molecule is c1ccc(N2c3ccccc3C3(c4ccccc4-c4c(N(c5ccc(-c6ccc7c(c6)sc6ccccc67)cc5)c5ccccc5-c5ccccc5-c5cccc6ccccc56)cccc43)c3ccccc32)cc1. The molecule has 0 unspecified atom stereocenters. The van der Waals surface area contributed by atoms with Crippen LogP contribution in [0.2, 0.25) is 0 Å².